The normalized spacial score (nSPS) is 14.6. The molecule has 0 fully saturated rings. The van der Waals surface area contributed by atoms with E-state index in [9.17, 15) is 0 Å². The minimum atomic E-state index is 0.164. The van der Waals surface area contributed by atoms with Gasteiger partial charge in [0.15, 0.2) is 0 Å². The van der Waals surface area contributed by atoms with Crippen molar-refractivity contribution in [3.05, 3.63) is 29.7 Å². The number of hydrogen-bond donors (Lipinski definition) is 0. The molecule has 0 saturated carbocycles. The van der Waals surface area contributed by atoms with Crippen LogP contribution in [0.2, 0.25) is 0 Å². The van der Waals surface area contributed by atoms with Crippen LogP contribution >= 0.6 is 0 Å². The molecule has 2 aromatic rings. The number of aryl methyl sites for hydroxylation is 2. The van der Waals surface area contributed by atoms with Gasteiger partial charge >= 0.3 is 0 Å². The standard InChI is InChI=1S/C17H22N4O.3C2H6/c1-5-7-13-10-22-17-15-14(9-11(3)18-17)19-12(4)20-16(15)21(13)8-6-2;3*1-2/h5,7,9,13H,6,8,10H2,1-4H3;3*1-2H3/b7-5-;;;. The summed E-state index contributed by atoms with van der Waals surface area (Å²) < 4.78 is 6.00. The van der Waals surface area contributed by atoms with Crippen molar-refractivity contribution in [3.8, 4) is 5.88 Å². The summed E-state index contributed by atoms with van der Waals surface area (Å²) in [6.07, 6.45) is 5.28. The highest BCUT2D eigenvalue weighted by Crippen LogP contribution is 2.35. The van der Waals surface area contributed by atoms with Gasteiger partial charge in [-0.2, -0.15) is 0 Å². The zero-order chi connectivity index (χ0) is 21.7. The Morgan fingerprint density at radius 2 is 1.71 bits per heavy atom. The Morgan fingerprint density at radius 3 is 2.29 bits per heavy atom. The molecule has 0 N–H and O–H groups in total. The molecule has 0 spiro atoms. The van der Waals surface area contributed by atoms with Gasteiger partial charge in [0.25, 0.3) is 0 Å². The first-order valence-corrected chi connectivity index (χ1v) is 10.8. The molecule has 3 heterocycles. The maximum absolute atomic E-state index is 6.00. The molecule has 1 unspecified atom stereocenters. The van der Waals surface area contributed by atoms with Crippen molar-refractivity contribution in [1.82, 2.24) is 15.0 Å². The lowest BCUT2D eigenvalue weighted by Gasteiger charge is -2.28. The summed E-state index contributed by atoms with van der Waals surface area (Å²) in [7, 11) is 0. The van der Waals surface area contributed by atoms with Crippen LogP contribution in [-0.2, 0) is 0 Å². The fraction of sp³-hybridized carbons (Fsp3) is 0.609. The average Bonchev–Trinajstić information content (AvgIpc) is 2.85. The zero-order valence-electron chi connectivity index (χ0n) is 19.6. The zero-order valence-corrected chi connectivity index (χ0v) is 19.6. The van der Waals surface area contributed by atoms with Gasteiger partial charge in [0.05, 0.1) is 11.6 Å². The SMILES string of the molecule is C/C=C\C1COc2nc(C)cc3nc(C)nc(c23)N1CCC.CC.CC.CC. The molecular weight excluding hydrogens is 348 g/mol. The highest BCUT2D eigenvalue weighted by molar-refractivity contribution is 5.94. The largest absolute Gasteiger partial charge is 0.475 e. The van der Waals surface area contributed by atoms with Gasteiger partial charge in [-0.25, -0.2) is 15.0 Å². The number of nitrogens with zero attached hydrogens (tertiary/aromatic N) is 4. The lowest BCUT2D eigenvalue weighted by atomic mass is 10.2. The van der Waals surface area contributed by atoms with E-state index in [1.54, 1.807) is 0 Å². The maximum atomic E-state index is 6.00. The number of allylic oxidation sites excluding steroid dienone is 1. The molecule has 0 aliphatic carbocycles. The number of pyridine rings is 1. The van der Waals surface area contributed by atoms with Crippen LogP contribution < -0.4 is 9.64 Å². The maximum Gasteiger partial charge on any atom is 0.227 e. The molecule has 0 amide bonds. The van der Waals surface area contributed by atoms with Crippen molar-refractivity contribution in [2.75, 3.05) is 18.1 Å². The second kappa shape index (κ2) is 13.9. The molecule has 5 nitrogen and oxygen atoms in total. The highest BCUT2D eigenvalue weighted by atomic mass is 16.5. The summed E-state index contributed by atoms with van der Waals surface area (Å²) in [5, 5.41) is 0.927. The van der Waals surface area contributed by atoms with Crippen LogP contribution in [-0.4, -0.2) is 34.1 Å². The van der Waals surface area contributed by atoms with Gasteiger partial charge in [-0.15, -0.1) is 0 Å². The van der Waals surface area contributed by atoms with Gasteiger partial charge in [-0.1, -0.05) is 60.6 Å². The van der Waals surface area contributed by atoms with Gasteiger partial charge in [-0.05, 0) is 33.3 Å². The molecule has 0 saturated heterocycles. The summed E-state index contributed by atoms with van der Waals surface area (Å²) in [4.78, 5) is 16.2. The lowest BCUT2D eigenvalue weighted by molar-refractivity contribution is 0.296. The molecule has 0 radical (unpaired) electrons. The van der Waals surface area contributed by atoms with E-state index in [1.165, 1.54) is 0 Å². The molecule has 2 aromatic heterocycles. The predicted molar refractivity (Wildman–Crippen MR) is 123 cm³/mol. The highest BCUT2D eigenvalue weighted by Gasteiger charge is 2.27. The quantitative estimate of drug-likeness (QED) is 0.580. The Hall–Kier alpha value is -2.17. The minimum Gasteiger partial charge on any atom is -0.475 e. The molecule has 5 heteroatoms. The Morgan fingerprint density at radius 1 is 1.07 bits per heavy atom. The summed E-state index contributed by atoms with van der Waals surface area (Å²) >= 11 is 0. The van der Waals surface area contributed by atoms with E-state index in [0.717, 1.165) is 41.2 Å². The van der Waals surface area contributed by atoms with E-state index >= 15 is 0 Å². The lowest BCUT2D eigenvalue weighted by Crippen LogP contribution is -2.38. The Kier molecular flexibility index (Phi) is 12.8. The molecule has 0 aromatic carbocycles. The third-order valence-corrected chi connectivity index (χ3v) is 3.81. The molecule has 158 valence electrons. The van der Waals surface area contributed by atoms with Crippen molar-refractivity contribution in [3.63, 3.8) is 0 Å². The van der Waals surface area contributed by atoms with E-state index < -0.39 is 0 Å². The molecule has 28 heavy (non-hydrogen) atoms. The smallest absolute Gasteiger partial charge is 0.227 e. The van der Waals surface area contributed by atoms with Crippen LogP contribution in [0.4, 0.5) is 5.82 Å². The fourth-order valence-corrected chi connectivity index (χ4v) is 2.95. The fourth-order valence-electron chi connectivity index (χ4n) is 2.95. The van der Waals surface area contributed by atoms with Crippen LogP contribution in [0.1, 0.15) is 73.3 Å². The van der Waals surface area contributed by atoms with Gasteiger partial charge in [-0.3, -0.25) is 0 Å². The average molecular weight is 389 g/mol. The van der Waals surface area contributed by atoms with Crippen molar-refractivity contribution < 1.29 is 4.74 Å². The number of ether oxygens (including phenoxy) is 1. The summed E-state index contributed by atoms with van der Waals surface area (Å²) in [6.45, 7) is 21.6. The molecule has 1 aliphatic rings. The van der Waals surface area contributed by atoms with Crippen LogP contribution in [0.15, 0.2) is 18.2 Å². The number of anilines is 1. The number of rotatable bonds is 3. The van der Waals surface area contributed by atoms with Crippen LogP contribution in [0, 0.1) is 13.8 Å². The molecule has 1 atom stereocenters. The van der Waals surface area contributed by atoms with Crippen molar-refractivity contribution >= 4 is 16.7 Å². The third-order valence-electron chi connectivity index (χ3n) is 3.81. The minimum absolute atomic E-state index is 0.164. The molecule has 0 bridgehead atoms. The van der Waals surface area contributed by atoms with Crippen LogP contribution in [0.25, 0.3) is 10.9 Å². The van der Waals surface area contributed by atoms with E-state index in [1.807, 2.05) is 68.4 Å². The monoisotopic (exact) mass is 388 g/mol. The first-order chi connectivity index (χ1) is 13.6. The van der Waals surface area contributed by atoms with E-state index in [0.29, 0.717) is 12.5 Å². The van der Waals surface area contributed by atoms with E-state index in [4.69, 9.17) is 9.72 Å². The summed E-state index contributed by atoms with van der Waals surface area (Å²) in [6, 6.07) is 2.16. The molecule has 1 aliphatic heterocycles. The first kappa shape index (κ1) is 25.8. The van der Waals surface area contributed by atoms with Gasteiger partial charge < -0.3 is 9.64 Å². The van der Waals surface area contributed by atoms with Crippen molar-refractivity contribution in [1.29, 1.82) is 0 Å². The van der Waals surface area contributed by atoms with Crippen molar-refractivity contribution in [2.45, 2.75) is 81.7 Å². The second-order valence-electron chi connectivity index (χ2n) is 5.65. The summed E-state index contributed by atoms with van der Waals surface area (Å²) in [5.74, 6) is 2.37. The third kappa shape index (κ3) is 6.18. The van der Waals surface area contributed by atoms with Crippen LogP contribution in [0.5, 0.6) is 5.88 Å². The summed E-state index contributed by atoms with van der Waals surface area (Å²) in [5.41, 5.74) is 1.82. The number of hydrogen-bond acceptors (Lipinski definition) is 5. The predicted octanol–water partition coefficient (Wildman–Crippen LogP) is 6.27. The van der Waals surface area contributed by atoms with Crippen molar-refractivity contribution in [2.24, 2.45) is 0 Å². The van der Waals surface area contributed by atoms with Gasteiger partial charge in [0, 0.05) is 12.2 Å². The van der Waals surface area contributed by atoms with E-state index in [-0.39, 0.29) is 6.04 Å². The van der Waals surface area contributed by atoms with Gasteiger partial charge in [0.2, 0.25) is 5.88 Å². The Bertz CT molecular complexity index is 723. The second-order valence-corrected chi connectivity index (χ2v) is 5.65. The van der Waals surface area contributed by atoms with E-state index in [2.05, 4.69) is 33.9 Å². The Balaban J connectivity index is 0.00000111. The van der Waals surface area contributed by atoms with Crippen LogP contribution in [0.3, 0.4) is 0 Å². The Labute approximate surface area is 172 Å². The first-order valence-electron chi connectivity index (χ1n) is 10.8. The molecule has 3 rings (SSSR count). The number of aromatic nitrogens is 3. The van der Waals surface area contributed by atoms with Gasteiger partial charge in [0.1, 0.15) is 23.6 Å². The topological polar surface area (TPSA) is 51.1 Å². The molecular formula is C23H40N4O.